The summed E-state index contributed by atoms with van der Waals surface area (Å²) >= 11 is 0. The fourth-order valence-electron chi connectivity index (χ4n) is 4.28. The topological polar surface area (TPSA) is 63.9 Å². The van der Waals surface area contributed by atoms with Gasteiger partial charge in [0.05, 0.1) is 31.0 Å². The highest BCUT2D eigenvalue weighted by Gasteiger charge is 2.23. The second kappa shape index (κ2) is 13.2. The van der Waals surface area contributed by atoms with E-state index in [1.54, 1.807) is 6.20 Å². The van der Waals surface area contributed by atoms with Crippen LogP contribution in [0.15, 0.2) is 47.7 Å². The predicted molar refractivity (Wildman–Crippen MR) is 138 cm³/mol. The highest BCUT2D eigenvalue weighted by molar-refractivity contribution is 14.0. The Bertz CT molecular complexity index is 816. The monoisotopic (exact) mass is 553 g/mol. The van der Waals surface area contributed by atoms with Crippen LogP contribution in [0.4, 0.5) is 0 Å². The first-order valence-corrected chi connectivity index (χ1v) is 11.7. The first-order valence-electron chi connectivity index (χ1n) is 11.7. The number of hydrogen-bond donors (Lipinski definition) is 1. The van der Waals surface area contributed by atoms with Crippen molar-refractivity contribution in [3.63, 3.8) is 0 Å². The van der Waals surface area contributed by atoms with Gasteiger partial charge in [-0.3, -0.25) is 0 Å². The van der Waals surface area contributed by atoms with Gasteiger partial charge in [-0.1, -0.05) is 18.2 Å². The van der Waals surface area contributed by atoms with Crippen molar-refractivity contribution >= 4 is 29.9 Å². The molecule has 2 aliphatic heterocycles. The molecule has 1 N–H and O–H groups in total. The number of para-hydroxylation sites is 1. The van der Waals surface area contributed by atoms with E-state index in [0.29, 0.717) is 18.8 Å². The average molecular weight is 553 g/mol. The third-order valence-corrected chi connectivity index (χ3v) is 6.01. The zero-order valence-electron chi connectivity index (χ0n) is 19.0. The van der Waals surface area contributed by atoms with Gasteiger partial charge < -0.3 is 19.7 Å². The van der Waals surface area contributed by atoms with E-state index in [4.69, 9.17) is 14.5 Å². The maximum absolute atomic E-state index is 6.18. The Kier molecular flexibility index (Phi) is 10.3. The zero-order chi connectivity index (χ0) is 21.3. The number of aromatic nitrogens is 2. The lowest BCUT2D eigenvalue weighted by molar-refractivity contribution is -0.0721. The molecule has 0 amide bonds. The lowest BCUT2D eigenvalue weighted by Crippen LogP contribution is -2.47. The maximum atomic E-state index is 6.18. The molecule has 0 aliphatic carbocycles. The van der Waals surface area contributed by atoms with E-state index in [1.807, 2.05) is 23.0 Å². The molecule has 0 saturated carbocycles. The van der Waals surface area contributed by atoms with Gasteiger partial charge in [0.25, 0.3) is 0 Å². The second-order valence-electron chi connectivity index (χ2n) is 8.26. The Morgan fingerprint density at radius 1 is 1.19 bits per heavy atom. The van der Waals surface area contributed by atoms with Gasteiger partial charge in [0.2, 0.25) is 0 Å². The minimum Gasteiger partial charge on any atom is -0.376 e. The molecular weight excluding hydrogens is 517 g/mol. The van der Waals surface area contributed by atoms with Crippen LogP contribution in [0.5, 0.6) is 0 Å². The minimum atomic E-state index is 0. The third-order valence-electron chi connectivity index (χ3n) is 6.01. The Labute approximate surface area is 208 Å². The molecule has 2 aliphatic rings. The van der Waals surface area contributed by atoms with Crippen LogP contribution in [0.3, 0.4) is 0 Å². The van der Waals surface area contributed by atoms with Crippen LogP contribution in [0.2, 0.25) is 0 Å². The molecule has 1 atom stereocenters. The summed E-state index contributed by atoms with van der Waals surface area (Å²) in [5, 5.41) is 7.85. The normalized spacial score (nSPS) is 20.1. The molecule has 1 unspecified atom stereocenters. The van der Waals surface area contributed by atoms with E-state index in [-0.39, 0.29) is 24.0 Å². The van der Waals surface area contributed by atoms with Gasteiger partial charge in [0.15, 0.2) is 5.96 Å². The average Bonchev–Trinajstić information content (AvgIpc) is 3.37. The maximum Gasteiger partial charge on any atom is 0.194 e. The Morgan fingerprint density at radius 2 is 2.03 bits per heavy atom. The van der Waals surface area contributed by atoms with E-state index in [1.165, 1.54) is 12.8 Å². The standard InChI is InChI=1S/C24H35N5O2.HI/c1-2-25-24(26-18-20-8-3-4-10-23(20)29-14-7-13-27-29)28-15-11-21(12-16-28)31-19-22-9-5-6-17-30-22;/h3-4,7-8,10,13-14,21-22H,2,5-6,9,11-12,15-19H2,1H3,(H,25,26);1H. The molecule has 176 valence electrons. The molecule has 7 nitrogen and oxygen atoms in total. The van der Waals surface area contributed by atoms with Gasteiger partial charge in [-0.2, -0.15) is 5.10 Å². The summed E-state index contributed by atoms with van der Waals surface area (Å²) in [4.78, 5) is 7.31. The van der Waals surface area contributed by atoms with Crippen molar-refractivity contribution in [2.75, 3.05) is 32.8 Å². The number of halogens is 1. The molecule has 3 heterocycles. The van der Waals surface area contributed by atoms with E-state index >= 15 is 0 Å². The number of piperidine rings is 1. The van der Waals surface area contributed by atoms with Crippen molar-refractivity contribution in [2.24, 2.45) is 4.99 Å². The predicted octanol–water partition coefficient (Wildman–Crippen LogP) is 4.01. The molecule has 1 aromatic carbocycles. The van der Waals surface area contributed by atoms with Gasteiger partial charge >= 0.3 is 0 Å². The quantitative estimate of drug-likeness (QED) is 0.319. The Balaban J connectivity index is 0.00000289. The molecule has 2 fully saturated rings. The molecule has 0 radical (unpaired) electrons. The van der Waals surface area contributed by atoms with E-state index < -0.39 is 0 Å². The number of rotatable bonds is 7. The molecule has 4 rings (SSSR count). The number of benzene rings is 1. The largest absolute Gasteiger partial charge is 0.376 e. The van der Waals surface area contributed by atoms with Gasteiger partial charge in [0.1, 0.15) is 0 Å². The van der Waals surface area contributed by atoms with E-state index in [2.05, 4.69) is 40.4 Å². The van der Waals surface area contributed by atoms with Crippen molar-refractivity contribution in [1.29, 1.82) is 0 Å². The first-order chi connectivity index (χ1) is 15.3. The van der Waals surface area contributed by atoms with Gasteiger partial charge in [-0.15, -0.1) is 24.0 Å². The summed E-state index contributed by atoms with van der Waals surface area (Å²) in [5.41, 5.74) is 2.23. The zero-order valence-corrected chi connectivity index (χ0v) is 21.3. The van der Waals surface area contributed by atoms with E-state index in [0.717, 1.165) is 69.3 Å². The van der Waals surface area contributed by atoms with Gasteiger partial charge in [-0.25, -0.2) is 9.67 Å². The van der Waals surface area contributed by atoms with Crippen molar-refractivity contribution in [2.45, 2.75) is 57.8 Å². The van der Waals surface area contributed by atoms with Crippen LogP contribution in [0, 0.1) is 0 Å². The van der Waals surface area contributed by atoms with Gasteiger partial charge in [-0.05, 0) is 56.7 Å². The smallest absolute Gasteiger partial charge is 0.194 e. The van der Waals surface area contributed by atoms with Crippen molar-refractivity contribution < 1.29 is 9.47 Å². The molecular formula is C24H36IN5O2. The number of nitrogens with one attached hydrogen (secondary N) is 1. The minimum absolute atomic E-state index is 0. The lowest BCUT2D eigenvalue weighted by Gasteiger charge is -2.35. The van der Waals surface area contributed by atoms with Crippen LogP contribution in [0.25, 0.3) is 5.69 Å². The summed E-state index contributed by atoms with van der Waals surface area (Å²) in [6.07, 6.45) is 10.0. The highest BCUT2D eigenvalue weighted by Crippen LogP contribution is 2.19. The molecule has 8 heteroatoms. The third kappa shape index (κ3) is 6.92. The number of ether oxygens (including phenoxy) is 2. The van der Waals surface area contributed by atoms with Crippen LogP contribution in [-0.4, -0.2) is 65.7 Å². The highest BCUT2D eigenvalue weighted by atomic mass is 127. The number of aliphatic imine (C=N–C) groups is 1. The first kappa shape index (κ1) is 25.0. The number of nitrogens with zero attached hydrogens (tertiary/aromatic N) is 4. The fourth-order valence-corrected chi connectivity index (χ4v) is 4.28. The molecule has 2 saturated heterocycles. The summed E-state index contributed by atoms with van der Waals surface area (Å²) in [6, 6.07) is 10.3. The van der Waals surface area contributed by atoms with Gasteiger partial charge in [0, 0.05) is 38.6 Å². The molecule has 32 heavy (non-hydrogen) atoms. The van der Waals surface area contributed by atoms with Crippen LogP contribution in [0.1, 0.15) is 44.6 Å². The molecule has 2 aromatic rings. The van der Waals surface area contributed by atoms with Crippen molar-refractivity contribution in [1.82, 2.24) is 20.0 Å². The number of likely N-dealkylation sites (tertiary alicyclic amines) is 1. The Hall–Kier alpha value is -1.65. The van der Waals surface area contributed by atoms with Crippen LogP contribution >= 0.6 is 24.0 Å². The lowest BCUT2D eigenvalue weighted by atomic mass is 10.1. The number of hydrogen-bond acceptors (Lipinski definition) is 4. The summed E-state index contributed by atoms with van der Waals surface area (Å²) < 4.78 is 13.9. The molecule has 0 bridgehead atoms. The second-order valence-corrected chi connectivity index (χ2v) is 8.26. The van der Waals surface area contributed by atoms with Crippen LogP contribution < -0.4 is 5.32 Å². The summed E-state index contributed by atoms with van der Waals surface area (Å²) in [7, 11) is 0. The van der Waals surface area contributed by atoms with Crippen LogP contribution in [-0.2, 0) is 16.0 Å². The Morgan fingerprint density at radius 3 is 2.75 bits per heavy atom. The SMILES string of the molecule is CCNC(=NCc1ccccc1-n1cccn1)N1CCC(OCC2CCCCO2)CC1.I. The molecule has 1 aromatic heterocycles. The number of guanidine groups is 1. The van der Waals surface area contributed by atoms with Crippen molar-refractivity contribution in [3.8, 4) is 5.69 Å². The van der Waals surface area contributed by atoms with Crippen molar-refractivity contribution in [3.05, 3.63) is 48.3 Å². The summed E-state index contributed by atoms with van der Waals surface area (Å²) in [6.45, 7) is 7.14. The fraction of sp³-hybridized carbons (Fsp3) is 0.583. The molecule has 0 spiro atoms. The summed E-state index contributed by atoms with van der Waals surface area (Å²) in [5.74, 6) is 0.979. The van der Waals surface area contributed by atoms with E-state index in [9.17, 15) is 0 Å².